The zero-order valence-electron chi connectivity index (χ0n) is 9.66. The van der Waals surface area contributed by atoms with Crippen molar-refractivity contribution < 1.29 is 0 Å². The van der Waals surface area contributed by atoms with Gasteiger partial charge in [0.15, 0.2) is 0 Å². The number of fused-ring (bicyclic) bond motifs is 3. The third kappa shape index (κ3) is 1.37. The van der Waals surface area contributed by atoms with Crippen LogP contribution in [0.25, 0.3) is 16.8 Å². The number of aryl methyl sites for hydroxylation is 1. The van der Waals surface area contributed by atoms with Gasteiger partial charge in [-0.2, -0.15) is 0 Å². The van der Waals surface area contributed by atoms with Gasteiger partial charge in [0.2, 0.25) is 0 Å². The Bertz CT molecular complexity index is 562. The molecule has 0 radical (unpaired) electrons. The van der Waals surface area contributed by atoms with E-state index in [9.17, 15) is 0 Å². The van der Waals surface area contributed by atoms with Gasteiger partial charge in [-0.25, -0.2) is 0 Å². The Kier molecular flexibility index (Phi) is 2.28. The van der Waals surface area contributed by atoms with Crippen LogP contribution in [-0.4, -0.2) is 0 Å². The predicted molar refractivity (Wildman–Crippen MR) is 70.7 cm³/mol. The number of rotatable bonds is 1. The van der Waals surface area contributed by atoms with Gasteiger partial charge in [-0.05, 0) is 46.7 Å². The van der Waals surface area contributed by atoms with Crippen molar-refractivity contribution in [1.82, 2.24) is 0 Å². The molecule has 1 aliphatic rings. The number of benzene rings is 2. The van der Waals surface area contributed by atoms with Crippen molar-refractivity contribution in [1.29, 1.82) is 0 Å². The Balaban J connectivity index is 2.41. The minimum atomic E-state index is 1.14. The van der Waals surface area contributed by atoms with E-state index in [1.54, 1.807) is 5.56 Å². The van der Waals surface area contributed by atoms with E-state index in [4.69, 9.17) is 0 Å². The zero-order chi connectivity index (χ0) is 11.0. The molecule has 1 aliphatic carbocycles. The molecular formula is C16H16. The van der Waals surface area contributed by atoms with E-state index in [1.807, 2.05) is 0 Å². The molecule has 0 aliphatic heterocycles. The second-order valence-corrected chi connectivity index (χ2v) is 4.44. The molecule has 3 rings (SSSR count). The molecule has 2 aromatic carbocycles. The lowest BCUT2D eigenvalue weighted by Gasteiger charge is -2.17. The highest BCUT2D eigenvalue weighted by Crippen LogP contribution is 2.31. The fraction of sp³-hybridized carbons (Fsp3) is 0.250. The highest BCUT2D eigenvalue weighted by Gasteiger charge is 2.12. The fourth-order valence-electron chi connectivity index (χ4n) is 2.71. The maximum Gasteiger partial charge on any atom is -0.0109 e. The summed E-state index contributed by atoms with van der Waals surface area (Å²) in [5.74, 6) is 0. The molecule has 0 atom stereocenters. The second kappa shape index (κ2) is 3.79. The van der Waals surface area contributed by atoms with Crippen LogP contribution in [0.5, 0.6) is 0 Å². The van der Waals surface area contributed by atoms with Gasteiger partial charge in [0.1, 0.15) is 0 Å². The maximum absolute atomic E-state index is 2.37. The van der Waals surface area contributed by atoms with Crippen LogP contribution in [0.1, 0.15) is 30.0 Å². The van der Waals surface area contributed by atoms with Crippen LogP contribution in [0.4, 0.5) is 0 Å². The molecule has 0 heterocycles. The summed E-state index contributed by atoms with van der Waals surface area (Å²) in [4.78, 5) is 0. The van der Waals surface area contributed by atoms with E-state index in [0.717, 1.165) is 6.42 Å². The maximum atomic E-state index is 2.37. The van der Waals surface area contributed by atoms with Gasteiger partial charge >= 0.3 is 0 Å². The Morgan fingerprint density at radius 3 is 2.94 bits per heavy atom. The molecule has 0 fully saturated rings. The van der Waals surface area contributed by atoms with Crippen LogP contribution >= 0.6 is 0 Å². The molecule has 16 heavy (non-hydrogen) atoms. The van der Waals surface area contributed by atoms with E-state index < -0.39 is 0 Å². The smallest absolute Gasteiger partial charge is 0.0109 e. The van der Waals surface area contributed by atoms with Gasteiger partial charge in [-0.15, -0.1) is 0 Å². The molecule has 0 spiro atoms. The van der Waals surface area contributed by atoms with E-state index in [1.165, 1.54) is 34.7 Å². The van der Waals surface area contributed by atoms with Crippen molar-refractivity contribution in [3.05, 3.63) is 53.1 Å². The van der Waals surface area contributed by atoms with Gasteiger partial charge in [0.25, 0.3) is 0 Å². The molecule has 0 saturated heterocycles. The average Bonchev–Trinajstić information content (AvgIpc) is 2.38. The van der Waals surface area contributed by atoms with Crippen molar-refractivity contribution >= 4 is 16.8 Å². The highest BCUT2D eigenvalue weighted by molar-refractivity contribution is 5.93. The third-order valence-corrected chi connectivity index (χ3v) is 3.52. The molecule has 80 valence electrons. The summed E-state index contributed by atoms with van der Waals surface area (Å²) >= 11 is 0. The summed E-state index contributed by atoms with van der Waals surface area (Å²) < 4.78 is 0. The van der Waals surface area contributed by atoms with Crippen LogP contribution in [0.3, 0.4) is 0 Å². The summed E-state index contributed by atoms with van der Waals surface area (Å²) in [6.07, 6.45) is 8.15. The average molecular weight is 208 g/mol. The fourth-order valence-corrected chi connectivity index (χ4v) is 2.71. The summed E-state index contributed by atoms with van der Waals surface area (Å²) in [6, 6.07) is 11.1. The lowest BCUT2D eigenvalue weighted by molar-refractivity contribution is 0.951. The molecule has 0 amide bonds. The van der Waals surface area contributed by atoms with Crippen molar-refractivity contribution in [2.75, 3.05) is 0 Å². The van der Waals surface area contributed by atoms with Gasteiger partial charge < -0.3 is 0 Å². The molecule has 0 N–H and O–H groups in total. The van der Waals surface area contributed by atoms with E-state index in [0.29, 0.717) is 0 Å². The first-order valence-corrected chi connectivity index (χ1v) is 6.10. The topological polar surface area (TPSA) is 0 Å². The highest BCUT2D eigenvalue weighted by atomic mass is 14.2. The van der Waals surface area contributed by atoms with E-state index in [2.05, 4.69) is 49.4 Å². The number of hydrogen-bond acceptors (Lipinski definition) is 0. The molecule has 0 heteroatoms. The molecular weight excluding hydrogens is 192 g/mol. The zero-order valence-corrected chi connectivity index (χ0v) is 9.66. The van der Waals surface area contributed by atoms with Crippen molar-refractivity contribution in [3.8, 4) is 0 Å². The summed E-state index contributed by atoms with van der Waals surface area (Å²) in [5, 5.41) is 2.79. The SMILES string of the molecule is CCc1cc2ccccc2c2c1CCC=C2. The van der Waals surface area contributed by atoms with Crippen LogP contribution in [0.2, 0.25) is 0 Å². The Morgan fingerprint density at radius 2 is 2.06 bits per heavy atom. The lowest BCUT2D eigenvalue weighted by Crippen LogP contribution is -2.00. The summed E-state index contributed by atoms with van der Waals surface area (Å²) in [6.45, 7) is 2.25. The molecule has 0 unspecified atom stereocenters. The van der Waals surface area contributed by atoms with Gasteiger partial charge in [-0.1, -0.05) is 49.4 Å². The normalized spacial score (nSPS) is 14.1. The molecule has 0 saturated carbocycles. The van der Waals surface area contributed by atoms with Crippen LogP contribution < -0.4 is 0 Å². The second-order valence-electron chi connectivity index (χ2n) is 4.44. The van der Waals surface area contributed by atoms with E-state index in [-0.39, 0.29) is 0 Å². The van der Waals surface area contributed by atoms with Crippen LogP contribution in [0, 0.1) is 0 Å². The first kappa shape index (κ1) is 9.65. The number of hydrogen-bond donors (Lipinski definition) is 0. The largest absolute Gasteiger partial charge is 0.0836 e. The van der Waals surface area contributed by atoms with Crippen LogP contribution in [0.15, 0.2) is 36.4 Å². The van der Waals surface area contributed by atoms with Gasteiger partial charge in [0, 0.05) is 0 Å². The van der Waals surface area contributed by atoms with Gasteiger partial charge in [-0.3, -0.25) is 0 Å². The van der Waals surface area contributed by atoms with Crippen LogP contribution in [-0.2, 0) is 12.8 Å². The standard InChI is InChI=1S/C16H16/c1-2-12-11-13-7-3-4-9-15(13)16-10-6-5-8-14(12)16/h3-4,6-7,9-11H,2,5,8H2,1H3. The molecule has 0 nitrogen and oxygen atoms in total. The van der Waals surface area contributed by atoms with E-state index >= 15 is 0 Å². The summed E-state index contributed by atoms with van der Waals surface area (Å²) in [7, 11) is 0. The van der Waals surface area contributed by atoms with Crippen molar-refractivity contribution in [3.63, 3.8) is 0 Å². The predicted octanol–water partition coefficient (Wildman–Crippen LogP) is 4.36. The Morgan fingerprint density at radius 1 is 1.19 bits per heavy atom. The first-order chi connectivity index (χ1) is 7.90. The van der Waals surface area contributed by atoms with Crippen molar-refractivity contribution in [2.45, 2.75) is 26.2 Å². The quantitative estimate of drug-likeness (QED) is 0.653. The monoisotopic (exact) mass is 208 g/mol. The molecule has 0 aromatic heterocycles. The molecule has 0 bridgehead atoms. The van der Waals surface area contributed by atoms with Crippen molar-refractivity contribution in [2.24, 2.45) is 0 Å². The number of allylic oxidation sites excluding steroid dienone is 1. The summed E-state index contributed by atoms with van der Waals surface area (Å²) in [5.41, 5.74) is 4.56. The Labute approximate surface area is 96.6 Å². The lowest BCUT2D eigenvalue weighted by atomic mass is 9.87. The molecule has 2 aromatic rings. The first-order valence-electron chi connectivity index (χ1n) is 6.10. The van der Waals surface area contributed by atoms with Gasteiger partial charge in [0.05, 0.1) is 0 Å². The Hall–Kier alpha value is -1.56. The third-order valence-electron chi connectivity index (χ3n) is 3.52. The minimum absolute atomic E-state index is 1.14. The minimum Gasteiger partial charge on any atom is -0.0836 e.